The summed E-state index contributed by atoms with van der Waals surface area (Å²) < 4.78 is 12.0. The molecular formula is C26H27N7O3. The van der Waals surface area contributed by atoms with Crippen LogP contribution >= 0.6 is 0 Å². The van der Waals surface area contributed by atoms with Crippen LogP contribution in [0, 0.1) is 11.3 Å². The summed E-state index contributed by atoms with van der Waals surface area (Å²) in [6.07, 6.45) is 1.19. The number of carbonyl (C=O) groups is 1. The highest BCUT2D eigenvalue weighted by molar-refractivity contribution is 5.89. The van der Waals surface area contributed by atoms with Crippen LogP contribution in [0.5, 0.6) is 0 Å². The fraction of sp³-hybridized carbons (Fsp3) is 0.308. The van der Waals surface area contributed by atoms with Gasteiger partial charge in [0.15, 0.2) is 0 Å². The zero-order chi connectivity index (χ0) is 25.1. The number of benzene rings is 2. The third-order valence-corrected chi connectivity index (χ3v) is 6.27. The predicted molar refractivity (Wildman–Crippen MR) is 136 cm³/mol. The van der Waals surface area contributed by atoms with Crippen molar-refractivity contribution in [2.45, 2.75) is 24.3 Å². The monoisotopic (exact) mass is 485 g/mol. The highest BCUT2D eigenvalue weighted by Crippen LogP contribution is 2.29. The quantitative estimate of drug-likeness (QED) is 0.487. The molecule has 2 fully saturated rings. The summed E-state index contributed by atoms with van der Waals surface area (Å²) in [7, 11) is 4.01. The molecule has 0 radical (unpaired) electrons. The Balaban J connectivity index is 1.19. The van der Waals surface area contributed by atoms with Crippen molar-refractivity contribution >= 4 is 23.4 Å². The molecule has 0 aliphatic carbocycles. The summed E-state index contributed by atoms with van der Waals surface area (Å²) in [5.74, 6) is 0.494. The van der Waals surface area contributed by atoms with Crippen molar-refractivity contribution in [1.29, 1.82) is 5.26 Å². The molecule has 3 N–H and O–H groups in total. The highest BCUT2D eigenvalue weighted by atomic mass is 16.6. The van der Waals surface area contributed by atoms with Crippen molar-refractivity contribution in [3.05, 3.63) is 66.4 Å². The van der Waals surface area contributed by atoms with Gasteiger partial charge in [0.2, 0.25) is 5.95 Å². The van der Waals surface area contributed by atoms with Crippen LogP contribution in [0.15, 0.2) is 60.8 Å². The molecule has 0 saturated carbocycles. The highest BCUT2D eigenvalue weighted by Gasteiger charge is 2.48. The Hall–Kier alpha value is -4.20. The van der Waals surface area contributed by atoms with Crippen molar-refractivity contribution < 1.29 is 14.3 Å². The number of aromatic nitrogens is 2. The first kappa shape index (κ1) is 23.5. The first-order chi connectivity index (χ1) is 17.5. The van der Waals surface area contributed by atoms with Gasteiger partial charge in [-0.2, -0.15) is 5.26 Å². The maximum atomic E-state index is 12.5. The Morgan fingerprint density at radius 2 is 1.81 bits per heavy atom. The van der Waals surface area contributed by atoms with Gasteiger partial charge in [-0.15, -0.1) is 0 Å². The molecule has 3 aromatic rings. The van der Waals surface area contributed by atoms with Crippen molar-refractivity contribution in [3.8, 4) is 17.3 Å². The fourth-order valence-corrected chi connectivity index (χ4v) is 4.43. The summed E-state index contributed by atoms with van der Waals surface area (Å²) in [6.45, 7) is 0.739. The van der Waals surface area contributed by atoms with E-state index in [4.69, 9.17) is 14.7 Å². The van der Waals surface area contributed by atoms with E-state index in [9.17, 15) is 4.79 Å². The third-order valence-electron chi connectivity index (χ3n) is 6.27. The minimum atomic E-state index is -0.379. The SMILES string of the molecule is CN(C)c1ccc(-c2ccnc(N[C@H]3CO[C@H]4[C@@H]3OC[C@@H]4NC(=O)Nc3cccc(C#N)c3)n2)cc1. The minimum absolute atomic E-state index is 0.150. The van der Waals surface area contributed by atoms with E-state index in [0.29, 0.717) is 30.4 Å². The first-order valence-electron chi connectivity index (χ1n) is 11.7. The van der Waals surface area contributed by atoms with Gasteiger partial charge in [-0.05, 0) is 36.4 Å². The average Bonchev–Trinajstić information content (AvgIpc) is 3.47. The van der Waals surface area contributed by atoms with E-state index in [2.05, 4.69) is 44.1 Å². The number of urea groups is 1. The number of ether oxygens (including phenoxy) is 2. The number of hydrogen-bond acceptors (Lipinski definition) is 8. The van der Waals surface area contributed by atoms with Crippen LogP contribution in [0.2, 0.25) is 0 Å². The van der Waals surface area contributed by atoms with Crippen LogP contribution < -0.4 is 20.9 Å². The summed E-state index contributed by atoms with van der Waals surface area (Å²) >= 11 is 0. The number of nitrogens with zero attached hydrogens (tertiary/aromatic N) is 4. The molecule has 0 unspecified atom stereocenters. The van der Waals surface area contributed by atoms with Crippen molar-refractivity contribution in [3.63, 3.8) is 0 Å². The van der Waals surface area contributed by atoms with Crippen LogP contribution in [-0.4, -0.2) is 67.6 Å². The summed E-state index contributed by atoms with van der Waals surface area (Å²) in [6, 6.07) is 18.0. The summed E-state index contributed by atoms with van der Waals surface area (Å²) in [4.78, 5) is 23.6. The number of amides is 2. The second-order valence-corrected chi connectivity index (χ2v) is 8.95. The maximum absolute atomic E-state index is 12.5. The van der Waals surface area contributed by atoms with Crippen LogP contribution in [0.3, 0.4) is 0 Å². The number of hydrogen-bond donors (Lipinski definition) is 3. The van der Waals surface area contributed by atoms with Gasteiger partial charge < -0.3 is 30.3 Å². The van der Waals surface area contributed by atoms with Gasteiger partial charge in [-0.25, -0.2) is 14.8 Å². The third kappa shape index (κ3) is 5.07. The molecule has 2 amide bonds. The van der Waals surface area contributed by atoms with Gasteiger partial charge in [0, 0.05) is 37.2 Å². The normalized spacial score (nSPS) is 22.4. The van der Waals surface area contributed by atoms with Crippen LogP contribution in [0.1, 0.15) is 5.56 Å². The van der Waals surface area contributed by atoms with Gasteiger partial charge in [-0.1, -0.05) is 18.2 Å². The molecule has 0 spiro atoms. The zero-order valence-corrected chi connectivity index (χ0v) is 20.0. The van der Waals surface area contributed by atoms with E-state index < -0.39 is 0 Å². The Kier molecular flexibility index (Phi) is 6.66. The van der Waals surface area contributed by atoms with Crippen LogP contribution in [0.4, 0.5) is 22.1 Å². The van der Waals surface area contributed by atoms with Crippen LogP contribution in [-0.2, 0) is 9.47 Å². The first-order valence-corrected chi connectivity index (χ1v) is 11.7. The average molecular weight is 486 g/mol. The lowest BCUT2D eigenvalue weighted by Crippen LogP contribution is -2.46. The van der Waals surface area contributed by atoms with E-state index in [-0.39, 0.29) is 30.3 Å². The van der Waals surface area contributed by atoms with Gasteiger partial charge in [0.05, 0.1) is 42.6 Å². The molecule has 36 heavy (non-hydrogen) atoms. The van der Waals surface area contributed by atoms with Crippen molar-refractivity contribution in [2.24, 2.45) is 0 Å². The van der Waals surface area contributed by atoms with E-state index in [1.54, 1.807) is 30.5 Å². The van der Waals surface area contributed by atoms with E-state index in [1.807, 2.05) is 37.2 Å². The molecule has 1 aromatic heterocycles. The Morgan fingerprint density at radius 1 is 1.06 bits per heavy atom. The Labute approximate surface area is 209 Å². The Bertz CT molecular complexity index is 1280. The molecule has 184 valence electrons. The Morgan fingerprint density at radius 3 is 2.56 bits per heavy atom. The number of rotatable bonds is 6. The summed E-state index contributed by atoms with van der Waals surface area (Å²) in [5, 5.41) is 18.0. The van der Waals surface area contributed by atoms with E-state index in [1.165, 1.54) is 0 Å². The van der Waals surface area contributed by atoms with Gasteiger partial charge in [-0.3, -0.25) is 0 Å². The molecular weight excluding hydrogens is 458 g/mol. The lowest BCUT2D eigenvalue weighted by molar-refractivity contribution is 0.0683. The number of carbonyl (C=O) groups excluding carboxylic acids is 1. The zero-order valence-electron chi connectivity index (χ0n) is 20.0. The number of fused-ring (bicyclic) bond motifs is 1. The number of nitriles is 1. The molecule has 2 aliphatic heterocycles. The van der Waals surface area contributed by atoms with Gasteiger partial charge >= 0.3 is 6.03 Å². The molecule has 0 bridgehead atoms. The van der Waals surface area contributed by atoms with Crippen molar-refractivity contribution in [1.82, 2.24) is 15.3 Å². The molecule has 2 aliphatic rings. The maximum Gasteiger partial charge on any atom is 0.319 e. The second-order valence-electron chi connectivity index (χ2n) is 8.95. The van der Waals surface area contributed by atoms with E-state index in [0.717, 1.165) is 16.9 Å². The molecule has 2 saturated heterocycles. The minimum Gasteiger partial charge on any atom is -0.378 e. The van der Waals surface area contributed by atoms with Gasteiger partial charge in [0.25, 0.3) is 0 Å². The molecule has 3 heterocycles. The smallest absolute Gasteiger partial charge is 0.319 e. The lowest BCUT2D eigenvalue weighted by Gasteiger charge is -2.19. The molecule has 10 heteroatoms. The largest absolute Gasteiger partial charge is 0.378 e. The molecule has 2 aromatic carbocycles. The lowest BCUT2D eigenvalue weighted by atomic mass is 10.1. The number of anilines is 3. The van der Waals surface area contributed by atoms with E-state index >= 15 is 0 Å². The predicted octanol–water partition coefficient (Wildman–Crippen LogP) is 2.85. The number of nitrogens with one attached hydrogen (secondary N) is 3. The topological polar surface area (TPSA) is 124 Å². The fourth-order valence-electron chi connectivity index (χ4n) is 4.43. The van der Waals surface area contributed by atoms with Crippen LogP contribution in [0.25, 0.3) is 11.3 Å². The van der Waals surface area contributed by atoms with Gasteiger partial charge in [0.1, 0.15) is 12.2 Å². The standard InChI is InChI=1S/C26H27N7O3/c1-33(2)19-8-6-17(7-9-19)20-10-11-28-25(30-20)31-21-14-35-24-22(15-36-23(21)24)32-26(34)29-18-5-3-4-16(12-18)13-27/h3-12,21-24H,14-15H2,1-2H3,(H,28,30,31)(H2,29,32,34)/t21-,22-,23+,24+/m0/s1. The molecule has 5 rings (SSSR count). The summed E-state index contributed by atoms with van der Waals surface area (Å²) in [5.41, 5.74) is 3.95. The second kappa shape index (κ2) is 10.2. The van der Waals surface area contributed by atoms with Crippen molar-refractivity contribution in [2.75, 3.05) is 42.8 Å². The molecule has 4 atom stereocenters. The molecule has 10 nitrogen and oxygen atoms in total.